The fourth-order valence-electron chi connectivity index (χ4n) is 4.29. The third-order valence-corrected chi connectivity index (χ3v) is 6.57. The minimum Gasteiger partial charge on any atom is -0.481 e. The average molecular weight is 531 g/mol. The highest BCUT2D eigenvalue weighted by Gasteiger charge is 2.14. The predicted octanol–water partition coefficient (Wildman–Crippen LogP) is 10.4. The number of ether oxygens (including phenoxy) is 1. The van der Waals surface area contributed by atoms with Crippen molar-refractivity contribution in [2.75, 3.05) is 0 Å². The molecule has 0 aliphatic heterocycles. The SMILES string of the molecule is CC/C=C\C/C=C\C/C=C\C/C=C\CCCCCCCCC(=O)OC(CCCCC)CCCCCC(=O)O. The Balaban J connectivity index is 3.74. The van der Waals surface area contributed by atoms with Gasteiger partial charge in [-0.2, -0.15) is 0 Å². The lowest BCUT2D eigenvalue weighted by molar-refractivity contribution is -0.150. The van der Waals surface area contributed by atoms with Gasteiger partial charge in [-0.05, 0) is 77.0 Å². The van der Waals surface area contributed by atoms with E-state index in [4.69, 9.17) is 9.84 Å². The van der Waals surface area contributed by atoms with Crippen LogP contribution in [0.15, 0.2) is 48.6 Å². The number of carboxylic acids is 1. The van der Waals surface area contributed by atoms with Crippen molar-refractivity contribution in [2.24, 2.45) is 0 Å². The van der Waals surface area contributed by atoms with Crippen molar-refractivity contribution in [2.45, 2.75) is 155 Å². The van der Waals surface area contributed by atoms with Crippen LogP contribution in [0.25, 0.3) is 0 Å². The van der Waals surface area contributed by atoms with Gasteiger partial charge in [0.1, 0.15) is 6.10 Å². The molecule has 0 rings (SSSR count). The number of hydrogen-bond acceptors (Lipinski definition) is 3. The zero-order valence-corrected chi connectivity index (χ0v) is 24.7. The molecular formula is C34H58O4. The summed E-state index contributed by atoms with van der Waals surface area (Å²) in [5.74, 6) is -0.793. The Hall–Kier alpha value is -2.10. The van der Waals surface area contributed by atoms with Crippen LogP contribution < -0.4 is 0 Å². The highest BCUT2D eigenvalue weighted by Crippen LogP contribution is 2.17. The molecule has 0 aliphatic carbocycles. The Kier molecular flexibility index (Phi) is 27.8. The number of unbranched alkanes of at least 4 members (excludes halogenated alkanes) is 10. The predicted molar refractivity (Wildman–Crippen MR) is 162 cm³/mol. The fraction of sp³-hybridized carbons (Fsp3) is 0.706. The number of aliphatic carboxylic acids is 1. The van der Waals surface area contributed by atoms with Crippen LogP contribution in [0.2, 0.25) is 0 Å². The molecule has 0 fully saturated rings. The Morgan fingerprint density at radius 3 is 1.71 bits per heavy atom. The second kappa shape index (κ2) is 29.5. The topological polar surface area (TPSA) is 63.6 Å². The summed E-state index contributed by atoms with van der Waals surface area (Å²) in [7, 11) is 0. The zero-order chi connectivity index (χ0) is 27.9. The molecule has 1 unspecified atom stereocenters. The second-order valence-corrected chi connectivity index (χ2v) is 10.3. The van der Waals surface area contributed by atoms with Gasteiger partial charge in [-0.3, -0.25) is 9.59 Å². The monoisotopic (exact) mass is 530 g/mol. The molecule has 0 saturated heterocycles. The van der Waals surface area contributed by atoms with Gasteiger partial charge in [0.2, 0.25) is 0 Å². The van der Waals surface area contributed by atoms with Gasteiger partial charge in [-0.1, -0.05) is 107 Å². The summed E-state index contributed by atoms with van der Waals surface area (Å²) in [4.78, 5) is 23.0. The third-order valence-electron chi connectivity index (χ3n) is 6.57. The number of hydrogen-bond donors (Lipinski definition) is 1. The minimum absolute atomic E-state index is 0.00255. The van der Waals surface area contributed by atoms with Crippen molar-refractivity contribution in [3.8, 4) is 0 Å². The van der Waals surface area contributed by atoms with Gasteiger partial charge < -0.3 is 9.84 Å². The first-order valence-corrected chi connectivity index (χ1v) is 15.6. The molecule has 1 atom stereocenters. The van der Waals surface area contributed by atoms with Gasteiger partial charge in [-0.25, -0.2) is 0 Å². The Morgan fingerprint density at radius 2 is 1.11 bits per heavy atom. The van der Waals surface area contributed by atoms with Crippen molar-refractivity contribution >= 4 is 11.9 Å². The molecular weight excluding hydrogens is 472 g/mol. The van der Waals surface area contributed by atoms with E-state index in [0.29, 0.717) is 12.8 Å². The van der Waals surface area contributed by atoms with Crippen LogP contribution in [-0.4, -0.2) is 23.1 Å². The van der Waals surface area contributed by atoms with Gasteiger partial charge in [-0.15, -0.1) is 0 Å². The number of carboxylic acid groups (broad SMARTS) is 1. The molecule has 0 spiro atoms. The molecule has 0 aromatic carbocycles. The van der Waals surface area contributed by atoms with E-state index >= 15 is 0 Å². The molecule has 0 bridgehead atoms. The van der Waals surface area contributed by atoms with Crippen molar-refractivity contribution in [1.29, 1.82) is 0 Å². The molecule has 0 aromatic heterocycles. The number of esters is 1. The molecule has 0 saturated carbocycles. The molecule has 4 heteroatoms. The average Bonchev–Trinajstić information content (AvgIpc) is 2.89. The Morgan fingerprint density at radius 1 is 0.605 bits per heavy atom. The van der Waals surface area contributed by atoms with E-state index in [1.165, 1.54) is 25.7 Å². The molecule has 0 aliphatic rings. The first kappa shape index (κ1) is 35.9. The third kappa shape index (κ3) is 28.5. The molecule has 38 heavy (non-hydrogen) atoms. The summed E-state index contributed by atoms with van der Waals surface area (Å²) < 4.78 is 5.79. The van der Waals surface area contributed by atoms with Crippen molar-refractivity contribution in [3.63, 3.8) is 0 Å². The summed E-state index contributed by atoms with van der Waals surface area (Å²) in [5, 5.41) is 8.76. The largest absolute Gasteiger partial charge is 0.481 e. The van der Waals surface area contributed by atoms with E-state index in [1.54, 1.807) is 0 Å². The van der Waals surface area contributed by atoms with Crippen LogP contribution in [0.1, 0.15) is 149 Å². The smallest absolute Gasteiger partial charge is 0.306 e. The molecule has 0 heterocycles. The van der Waals surface area contributed by atoms with Gasteiger partial charge in [0, 0.05) is 12.8 Å². The van der Waals surface area contributed by atoms with Crippen LogP contribution >= 0.6 is 0 Å². The second-order valence-electron chi connectivity index (χ2n) is 10.3. The first-order chi connectivity index (χ1) is 18.6. The van der Waals surface area contributed by atoms with Crippen LogP contribution in [-0.2, 0) is 14.3 Å². The number of rotatable bonds is 27. The van der Waals surface area contributed by atoms with Crippen LogP contribution in [0, 0.1) is 0 Å². The lowest BCUT2D eigenvalue weighted by atomic mass is 10.0. The molecule has 218 valence electrons. The van der Waals surface area contributed by atoms with Crippen molar-refractivity contribution < 1.29 is 19.4 Å². The maximum absolute atomic E-state index is 12.3. The van der Waals surface area contributed by atoms with Crippen LogP contribution in [0.4, 0.5) is 0 Å². The van der Waals surface area contributed by atoms with Gasteiger partial charge in [0.25, 0.3) is 0 Å². The standard InChI is InChI=1S/C34H58O4/c1-3-5-7-8-9-10-11-12-13-14-15-16-17-18-19-20-21-22-27-31-34(37)38-32(28-24-6-4-2)29-25-23-26-30-33(35)36/h5,7,9-10,12-13,15-16,32H,3-4,6,8,11,14,17-31H2,1-2H3,(H,35,36)/b7-5-,10-9-,13-12-,16-15-. The molecule has 0 amide bonds. The number of allylic oxidation sites excluding steroid dienone is 8. The molecule has 0 aromatic rings. The maximum Gasteiger partial charge on any atom is 0.306 e. The maximum atomic E-state index is 12.3. The lowest BCUT2D eigenvalue weighted by Gasteiger charge is -2.18. The van der Waals surface area contributed by atoms with E-state index in [0.717, 1.165) is 89.9 Å². The van der Waals surface area contributed by atoms with Crippen LogP contribution in [0.3, 0.4) is 0 Å². The number of carbonyl (C=O) groups excluding carboxylic acids is 1. The summed E-state index contributed by atoms with van der Waals surface area (Å²) in [6.45, 7) is 4.34. The van der Waals surface area contributed by atoms with E-state index in [1.807, 2.05) is 0 Å². The van der Waals surface area contributed by atoms with E-state index in [2.05, 4.69) is 62.5 Å². The highest BCUT2D eigenvalue weighted by molar-refractivity contribution is 5.69. The summed E-state index contributed by atoms with van der Waals surface area (Å²) in [6.07, 6.45) is 38.6. The van der Waals surface area contributed by atoms with Crippen molar-refractivity contribution in [3.05, 3.63) is 48.6 Å². The summed E-state index contributed by atoms with van der Waals surface area (Å²) in [6, 6.07) is 0. The Labute approximate surface area is 234 Å². The molecule has 4 nitrogen and oxygen atoms in total. The van der Waals surface area contributed by atoms with Crippen molar-refractivity contribution in [1.82, 2.24) is 0 Å². The van der Waals surface area contributed by atoms with Gasteiger partial charge in [0.05, 0.1) is 0 Å². The van der Waals surface area contributed by atoms with E-state index in [-0.39, 0.29) is 18.5 Å². The Bertz CT molecular complexity index is 659. The quantitative estimate of drug-likeness (QED) is 0.0651. The summed E-state index contributed by atoms with van der Waals surface area (Å²) in [5.41, 5.74) is 0. The number of carbonyl (C=O) groups is 2. The molecule has 0 radical (unpaired) electrons. The molecule has 1 N–H and O–H groups in total. The normalized spacial score (nSPS) is 12.9. The highest BCUT2D eigenvalue weighted by atomic mass is 16.5. The van der Waals surface area contributed by atoms with Gasteiger partial charge >= 0.3 is 11.9 Å². The zero-order valence-electron chi connectivity index (χ0n) is 24.7. The van der Waals surface area contributed by atoms with E-state index < -0.39 is 5.97 Å². The fourth-order valence-corrected chi connectivity index (χ4v) is 4.29. The lowest BCUT2D eigenvalue weighted by Crippen LogP contribution is -2.18. The first-order valence-electron chi connectivity index (χ1n) is 15.6. The van der Waals surface area contributed by atoms with Crippen LogP contribution in [0.5, 0.6) is 0 Å². The minimum atomic E-state index is -0.734. The van der Waals surface area contributed by atoms with Gasteiger partial charge in [0.15, 0.2) is 0 Å². The van der Waals surface area contributed by atoms with E-state index in [9.17, 15) is 9.59 Å². The summed E-state index contributed by atoms with van der Waals surface area (Å²) >= 11 is 0.